The lowest BCUT2D eigenvalue weighted by Gasteiger charge is -2.18. The predicted molar refractivity (Wildman–Crippen MR) is 126 cm³/mol. The summed E-state index contributed by atoms with van der Waals surface area (Å²) in [5.41, 5.74) is 2.02. The molecule has 1 saturated heterocycles. The van der Waals surface area contributed by atoms with E-state index in [1.165, 1.54) is 35.6 Å². The van der Waals surface area contributed by atoms with Gasteiger partial charge in [-0.2, -0.15) is 9.57 Å². The lowest BCUT2D eigenvalue weighted by atomic mass is 9.98. The number of nitriles is 1. The Bertz CT molecular complexity index is 1240. The molecule has 2 aromatic carbocycles. The summed E-state index contributed by atoms with van der Waals surface area (Å²) in [6, 6.07) is 11.1. The Labute approximate surface area is 194 Å². The number of carbonyl (C=O) groups excluding carboxylic acids is 2. The van der Waals surface area contributed by atoms with Crippen molar-refractivity contribution in [2.24, 2.45) is 4.99 Å². The summed E-state index contributed by atoms with van der Waals surface area (Å²) in [6.07, 6.45) is 3.66. The van der Waals surface area contributed by atoms with Crippen molar-refractivity contribution in [2.45, 2.75) is 37.5 Å². The van der Waals surface area contributed by atoms with E-state index >= 15 is 0 Å². The number of benzene rings is 2. The summed E-state index contributed by atoms with van der Waals surface area (Å²) < 4.78 is 27.6. The zero-order chi connectivity index (χ0) is 24.0. The Balaban J connectivity index is 2.00. The molecule has 1 amide bonds. The van der Waals surface area contributed by atoms with Crippen LogP contribution in [0.25, 0.3) is 0 Å². The van der Waals surface area contributed by atoms with Crippen molar-refractivity contribution < 1.29 is 18.0 Å². The Morgan fingerprint density at radius 3 is 2.55 bits per heavy atom. The molecule has 0 spiro atoms. The van der Waals surface area contributed by atoms with Crippen molar-refractivity contribution in [3.8, 4) is 6.07 Å². The fraction of sp³-hybridized carbons (Fsp3) is 0.333. The van der Waals surface area contributed by atoms with Crippen LogP contribution in [0.4, 0.5) is 5.69 Å². The van der Waals surface area contributed by atoms with Gasteiger partial charge in [-0.3, -0.25) is 14.6 Å². The van der Waals surface area contributed by atoms with Gasteiger partial charge in [-0.1, -0.05) is 19.4 Å². The van der Waals surface area contributed by atoms with Gasteiger partial charge in [0, 0.05) is 31.3 Å². The Morgan fingerprint density at radius 1 is 1.21 bits per heavy atom. The summed E-state index contributed by atoms with van der Waals surface area (Å²) in [6.45, 7) is 2.96. The molecule has 0 unspecified atom stereocenters. The molecule has 33 heavy (non-hydrogen) atoms. The fourth-order valence-electron chi connectivity index (χ4n) is 3.87. The zero-order valence-corrected chi connectivity index (χ0v) is 19.5. The summed E-state index contributed by atoms with van der Waals surface area (Å²) in [5, 5.41) is 11.7. The number of aliphatic imine (C=N–C) groups is 1. The maximum Gasteiger partial charge on any atom is 0.274 e. The third-order valence-electron chi connectivity index (χ3n) is 5.55. The summed E-state index contributed by atoms with van der Waals surface area (Å²) in [5.74, 6) is -0.571. The van der Waals surface area contributed by atoms with Gasteiger partial charge in [-0.05, 0) is 55.2 Å². The van der Waals surface area contributed by atoms with Crippen LogP contribution in [0.15, 0.2) is 46.3 Å². The Hall–Kier alpha value is -3.35. The Morgan fingerprint density at radius 2 is 1.94 bits per heavy atom. The fourth-order valence-corrected chi connectivity index (χ4v) is 5.41. The number of carbonyl (C=O) groups is 2. The smallest absolute Gasteiger partial charge is 0.274 e. The quantitative estimate of drug-likeness (QED) is 0.473. The lowest BCUT2D eigenvalue weighted by Crippen LogP contribution is -2.29. The standard InChI is InChI=1S/C24H26N4O4S/c1-3-6-18-8-9-20(33(31,32)28-11-4-5-12-28)14-21(18)23(26-2)24(30)27-22-10-7-17(15-25)13-19(22)16-29/h7-10,13-14,16H,3-6,11-12H2,1-2H3,(H,27,30). The van der Waals surface area contributed by atoms with Crippen molar-refractivity contribution >= 4 is 33.6 Å². The van der Waals surface area contributed by atoms with Gasteiger partial charge in [-0.15, -0.1) is 0 Å². The molecule has 3 rings (SSSR count). The van der Waals surface area contributed by atoms with Gasteiger partial charge in [0.1, 0.15) is 5.71 Å². The molecular weight excluding hydrogens is 440 g/mol. The van der Waals surface area contributed by atoms with E-state index in [1.54, 1.807) is 12.1 Å². The number of hydrogen-bond acceptors (Lipinski definition) is 6. The number of nitrogens with zero attached hydrogens (tertiary/aromatic N) is 3. The van der Waals surface area contributed by atoms with Crippen molar-refractivity contribution in [3.63, 3.8) is 0 Å². The number of aldehydes is 1. The predicted octanol–water partition coefficient (Wildman–Crippen LogP) is 3.17. The summed E-state index contributed by atoms with van der Waals surface area (Å²) in [4.78, 5) is 28.9. The molecule has 0 atom stereocenters. The van der Waals surface area contributed by atoms with Gasteiger partial charge in [-0.25, -0.2) is 8.42 Å². The van der Waals surface area contributed by atoms with Crippen LogP contribution in [0.2, 0.25) is 0 Å². The van der Waals surface area contributed by atoms with Crippen LogP contribution in [-0.2, 0) is 21.2 Å². The van der Waals surface area contributed by atoms with Crippen molar-refractivity contribution in [3.05, 3.63) is 58.7 Å². The monoisotopic (exact) mass is 466 g/mol. The van der Waals surface area contributed by atoms with E-state index in [-0.39, 0.29) is 21.9 Å². The van der Waals surface area contributed by atoms with Crippen molar-refractivity contribution in [1.82, 2.24) is 4.31 Å². The van der Waals surface area contributed by atoms with Crippen LogP contribution in [0.3, 0.4) is 0 Å². The maximum atomic E-state index is 13.2. The SMILES string of the molecule is CCCc1ccc(S(=O)(=O)N2CCCC2)cc1C(=NC)C(=O)Nc1ccc(C#N)cc1C=O. The molecule has 9 heteroatoms. The van der Waals surface area contributed by atoms with E-state index in [4.69, 9.17) is 5.26 Å². The molecule has 0 bridgehead atoms. The number of rotatable bonds is 8. The van der Waals surface area contributed by atoms with Crippen molar-refractivity contribution in [2.75, 3.05) is 25.5 Å². The largest absolute Gasteiger partial charge is 0.320 e. The molecule has 0 radical (unpaired) electrons. The molecule has 1 aliphatic rings. The van der Waals surface area contributed by atoms with Gasteiger partial charge in [0.25, 0.3) is 5.91 Å². The van der Waals surface area contributed by atoms with E-state index in [9.17, 15) is 18.0 Å². The number of hydrogen-bond donors (Lipinski definition) is 1. The minimum atomic E-state index is -3.67. The van der Waals surface area contributed by atoms with Crippen LogP contribution >= 0.6 is 0 Å². The highest BCUT2D eigenvalue weighted by Gasteiger charge is 2.29. The second-order valence-electron chi connectivity index (χ2n) is 7.74. The van der Waals surface area contributed by atoms with Crippen LogP contribution in [0.5, 0.6) is 0 Å². The van der Waals surface area contributed by atoms with Gasteiger partial charge in [0.15, 0.2) is 6.29 Å². The highest BCUT2D eigenvalue weighted by molar-refractivity contribution is 7.89. The van der Waals surface area contributed by atoms with E-state index in [2.05, 4.69) is 10.3 Å². The minimum absolute atomic E-state index is 0.0677. The lowest BCUT2D eigenvalue weighted by molar-refractivity contribution is -0.110. The third kappa shape index (κ3) is 5.18. The van der Waals surface area contributed by atoms with Crippen LogP contribution < -0.4 is 5.32 Å². The highest BCUT2D eigenvalue weighted by Crippen LogP contribution is 2.25. The molecule has 1 fully saturated rings. The maximum absolute atomic E-state index is 13.2. The van der Waals surface area contributed by atoms with Gasteiger partial charge >= 0.3 is 0 Å². The first-order valence-corrected chi connectivity index (χ1v) is 12.2. The number of aryl methyl sites for hydroxylation is 1. The van der Waals surface area contributed by atoms with E-state index in [1.807, 2.05) is 13.0 Å². The highest BCUT2D eigenvalue weighted by atomic mass is 32.2. The van der Waals surface area contributed by atoms with E-state index < -0.39 is 15.9 Å². The molecule has 0 aromatic heterocycles. The third-order valence-corrected chi connectivity index (χ3v) is 7.45. The van der Waals surface area contributed by atoms with Gasteiger partial charge in [0.05, 0.1) is 22.2 Å². The molecule has 0 aliphatic carbocycles. The first kappa shape index (κ1) is 24.3. The number of anilines is 1. The molecule has 0 saturated carbocycles. The van der Waals surface area contributed by atoms with Crippen LogP contribution in [0, 0.1) is 11.3 Å². The zero-order valence-electron chi connectivity index (χ0n) is 18.7. The topological polar surface area (TPSA) is 120 Å². The second-order valence-corrected chi connectivity index (χ2v) is 9.68. The Kier molecular flexibility index (Phi) is 7.74. The molecule has 1 heterocycles. The van der Waals surface area contributed by atoms with Crippen LogP contribution in [0.1, 0.15) is 53.2 Å². The average Bonchev–Trinajstić information content (AvgIpc) is 3.37. The molecule has 1 N–H and O–H groups in total. The minimum Gasteiger partial charge on any atom is -0.320 e. The van der Waals surface area contributed by atoms with Crippen molar-refractivity contribution in [1.29, 1.82) is 5.26 Å². The first-order chi connectivity index (χ1) is 15.8. The van der Waals surface area contributed by atoms with E-state index in [0.717, 1.165) is 24.8 Å². The number of sulfonamides is 1. The molecular formula is C24H26N4O4S. The number of amides is 1. The van der Waals surface area contributed by atoms with Crippen LogP contribution in [-0.4, -0.2) is 50.8 Å². The van der Waals surface area contributed by atoms with E-state index in [0.29, 0.717) is 36.9 Å². The average molecular weight is 467 g/mol. The first-order valence-electron chi connectivity index (χ1n) is 10.8. The molecule has 8 nitrogen and oxygen atoms in total. The molecule has 172 valence electrons. The van der Waals surface area contributed by atoms with Gasteiger partial charge < -0.3 is 5.32 Å². The molecule has 1 aliphatic heterocycles. The second kappa shape index (κ2) is 10.5. The number of nitrogens with one attached hydrogen (secondary N) is 1. The molecule has 2 aromatic rings. The van der Waals surface area contributed by atoms with Gasteiger partial charge in [0.2, 0.25) is 10.0 Å². The summed E-state index contributed by atoms with van der Waals surface area (Å²) >= 11 is 0. The summed E-state index contributed by atoms with van der Waals surface area (Å²) in [7, 11) is -2.20. The normalized spacial score (nSPS) is 14.6.